The van der Waals surface area contributed by atoms with Crippen molar-refractivity contribution in [3.05, 3.63) is 62.6 Å². The highest BCUT2D eigenvalue weighted by molar-refractivity contribution is 9.10. The van der Waals surface area contributed by atoms with Crippen LogP contribution in [0.25, 0.3) is 0 Å². The summed E-state index contributed by atoms with van der Waals surface area (Å²) >= 11 is 9.59. The lowest BCUT2D eigenvalue weighted by Crippen LogP contribution is -2.11. The van der Waals surface area contributed by atoms with Crippen molar-refractivity contribution in [2.75, 3.05) is 0 Å². The van der Waals surface area contributed by atoms with Crippen LogP contribution in [-0.4, -0.2) is 5.84 Å². The van der Waals surface area contributed by atoms with Crippen molar-refractivity contribution in [3.63, 3.8) is 0 Å². The summed E-state index contributed by atoms with van der Waals surface area (Å²) in [6.07, 6.45) is 0. The van der Waals surface area contributed by atoms with Crippen molar-refractivity contribution in [3.8, 4) is 5.75 Å². The van der Waals surface area contributed by atoms with E-state index in [0.29, 0.717) is 17.2 Å². The van der Waals surface area contributed by atoms with Gasteiger partial charge < -0.3 is 10.5 Å². The lowest BCUT2D eigenvalue weighted by molar-refractivity contribution is 0.304. The smallest absolute Gasteiger partial charge is 0.123 e. The number of amidine groups is 1. The summed E-state index contributed by atoms with van der Waals surface area (Å²) in [6, 6.07) is 11.1. The van der Waals surface area contributed by atoms with Crippen molar-refractivity contribution in [1.29, 1.82) is 5.41 Å². The molecule has 20 heavy (non-hydrogen) atoms. The molecule has 0 aliphatic rings. The molecule has 3 nitrogen and oxygen atoms in total. The highest BCUT2D eigenvalue weighted by Crippen LogP contribution is 2.25. The molecule has 5 heteroatoms. The minimum Gasteiger partial charge on any atom is -0.489 e. The molecule has 0 bridgehead atoms. The summed E-state index contributed by atoms with van der Waals surface area (Å²) in [6.45, 7) is 2.36. The highest BCUT2D eigenvalue weighted by atomic mass is 79.9. The van der Waals surface area contributed by atoms with Gasteiger partial charge in [-0.05, 0) is 30.7 Å². The van der Waals surface area contributed by atoms with Crippen LogP contribution in [-0.2, 0) is 6.61 Å². The van der Waals surface area contributed by atoms with E-state index in [1.807, 2.05) is 31.2 Å². The quantitative estimate of drug-likeness (QED) is 0.637. The summed E-state index contributed by atoms with van der Waals surface area (Å²) in [5.74, 6) is 0.813. The average molecular weight is 354 g/mol. The zero-order chi connectivity index (χ0) is 14.7. The second kappa shape index (κ2) is 6.29. The molecule has 0 atom stereocenters. The van der Waals surface area contributed by atoms with Gasteiger partial charge in [0, 0.05) is 20.6 Å². The molecule has 0 amide bonds. The Bertz CT molecular complexity index is 658. The maximum absolute atomic E-state index is 7.37. The number of aryl methyl sites for hydroxylation is 1. The van der Waals surface area contributed by atoms with E-state index in [-0.39, 0.29) is 5.84 Å². The SMILES string of the molecule is Cc1ccc(Br)cc1OCc1ccc(C(=N)N)cc1Cl. The largest absolute Gasteiger partial charge is 0.489 e. The van der Waals surface area contributed by atoms with Crippen LogP contribution in [0.15, 0.2) is 40.9 Å². The Hall–Kier alpha value is -1.52. The van der Waals surface area contributed by atoms with Gasteiger partial charge in [0.1, 0.15) is 18.2 Å². The molecule has 2 aromatic rings. The van der Waals surface area contributed by atoms with Gasteiger partial charge in [-0.3, -0.25) is 5.41 Å². The molecule has 0 fully saturated rings. The monoisotopic (exact) mass is 352 g/mol. The first-order chi connectivity index (χ1) is 9.47. The fourth-order valence-electron chi connectivity index (χ4n) is 1.72. The van der Waals surface area contributed by atoms with E-state index in [1.165, 1.54) is 0 Å². The fourth-order valence-corrected chi connectivity index (χ4v) is 2.29. The highest BCUT2D eigenvalue weighted by Gasteiger charge is 2.06. The van der Waals surface area contributed by atoms with E-state index in [0.717, 1.165) is 21.3 Å². The van der Waals surface area contributed by atoms with Crippen molar-refractivity contribution in [1.82, 2.24) is 0 Å². The maximum Gasteiger partial charge on any atom is 0.123 e. The van der Waals surface area contributed by atoms with Crippen LogP contribution in [0.3, 0.4) is 0 Å². The number of nitrogen functional groups attached to an aromatic ring is 1. The van der Waals surface area contributed by atoms with Crippen LogP contribution in [0.2, 0.25) is 5.02 Å². The molecule has 3 N–H and O–H groups in total. The fraction of sp³-hybridized carbons (Fsp3) is 0.133. The maximum atomic E-state index is 7.37. The summed E-state index contributed by atoms with van der Waals surface area (Å²) in [4.78, 5) is 0. The van der Waals surface area contributed by atoms with Gasteiger partial charge >= 0.3 is 0 Å². The Morgan fingerprint density at radius 1 is 1.30 bits per heavy atom. The standard InChI is InChI=1S/C15H14BrClN2O/c1-9-2-5-12(16)7-14(9)20-8-11-4-3-10(15(18)19)6-13(11)17/h2-7H,8H2,1H3,(H3,18,19). The van der Waals surface area contributed by atoms with E-state index >= 15 is 0 Å². The van der Waals surface area contributed by atoms with Crippen molar-refractivity contribution >= 4 is 33.4 Å². The third-order valence-electron chi connectivity index (χ3n) is 2.90. The van der Waals surface area contributed by atoms with Crippen LogP contribution in [0.4, 0.5) is 0 Å². The first-order valence-electron chi connectivity index (χ1n) is 5.99. The molecule has 0 aromatic heterocycles. The Labute approximate surface area is 131 Å². The lowest BCUT2D eigenvalue weighted by atomic mass is 10.1. The van der Waals surface area contributed by atoms with Crippen LogP contribution in [0.1, 0.15) is 16.7 Å². The van der Waals surface area contributed by atoms with Crippen molar-refractivity contribution in [2.45, 2.75) is 13.5 Å². The number of rotatable bonds is 4. The van der Waals surface area contributed by atoms with E-state index in [9.17, 15) is 0 Å². The molecule has 0 spiro atoms. The number of hydrogen-bond donors (Lipinski definition) is 2. The number of nitrogens with two attached hydrogens (primary N) is 1. The molecule has 0 aliphatic carbocycles. The molecule has 104 valence electrons. The third-order valence-corrected chi connectivity index (χ3v) is 3.74. The molecule has 0 heterocycles. The molecule has 0 saturated heterocycles. The first-order valence-corrected chi connectivity index (χ1v) is 7.16. The molecule has 0 aliphatic heterocycles. The molecule has 0 saturated carbocycles. The van der Waals surface area contributed by atoms with Gasteiger partial charge in [0.05, 0.1) is 0 Å². The number of benzene rings is 2. The van der Waals surface area contributed by atoms with E-state index in [4.69, 9.17) is 27.5 Å². The van der Waals surface area contributed by atoms with Crippen LogP contribution >= 0.6 is 27.5 Å². The zero-order valence-corrected chi connectivity index (χ0v) is 13.3. The minimum atomic E-state index is 0.00204. The Balaban J connectivity index is 2.15. The van der Waals surface area contributed by atoms with E-state index in [2.05, 4.69) is 15.9 Å². The van der Waals surface area contributed by atoms with Gasteiger partial charge in [-0.1, -0.05) is 45.7 Å². The number of halogens is 2. The summed E-state index contributed by atoms with van der Waals surface area (Å²) in [7, 11) is 0. The van der Waals surface area contributed by atoms with Crippen LogP contribution < -0.4 is 10.5 Å². The molecule has 0 radical (unpaired) electrons. The molecular formula is C15H14BrClN2O. The van der Waals surface area contributed by atoms with Gasteiger partial charge in [-0.25, -0.2) is 0 Å². The Morgan fingerprint density at radius 3 is 2.70 bits per heavy atom. The number of ether oxygens (including phenoxy) is 1. The third kappa shape index (κ3) is 3.52. The minimum absolute atomic E-state index is 0.00204. The van der Waals surface area contributed by atoms with Crippen molar-refractivity contribution < 1.29 is 4.74 Å². The lowest BCUT2D eigenvalue weighted by Gasteiger charge is -2.11. The topological polar surface area (TPSA) is 59.1 Å². The predicted molar refractivity (Wildman–Crippen MR) is 85.7 cm³/mol. The average Bonchev–Trinajstić information content (AvgIpc) is 2.40. The van der Waals surface area contributed by atoms with Gasteiger partial charge in [0.15, 0.2) is 0 Å². The molecule has 2 aromatic carbocycles. The predicted octanol–water partition coefficient (Wildman–Crippen LogP) is 4.27. The first kappa shape index (κ1) is 14.9. The molecule has 2 rings (SSSR count). The van der Waals surface area contributed by atoms with Gasteiger partial charge in [0.25, 0.3) is 0 Å². The molecule has 0 unspecified atom stereocenters. The summed E-state index contributed by atoms with van der Waals surface area (Å²) in [5, 5.41) is 7.92. The second-order valence-electron chi connectivity index (χ2n) is 4.42. The Kier molecular flexibility index (Phi) is 4.68. The van der Waals surface area contributed by atoms with Crippen molar-refractivity contribution in [2.24, 2.45) is 5.73 Å². The second-order valence-corrected chi connectivity index (χ2v) is 5.74. The van der Waals surface area contributed by atoms with E-state index in [1.54, 1.807) is 12.1 Å². The van der Waals surface area contributed by atoms with Gasteiger partial charge in [-0.15, -0.1) is 0 Å². The number of hydrogen-bond acceptors (Lipinski definition) is 2. The van der Waals surface area contributed by atoms with Crippen LogP contribution in [0.5, 0.6) is 5.75 Å². The molecular weight excluding hydrogens is 340 g/mol. The zero-order valence-electron chi connectivity index (χ0n) is 10.9. The number of nitrogens with one attached hydrogen (secondary N) is 1. The summed E-state index contributed by atoms with van der Waals surface area (Å²) < 4.78 is 6.75. The van der Waals surface area contributed by atoms with Gasteiger partial charge in [-0.2, -0.15) is 0 Å². The summed E-state index contributed by atoms with van der Waals surface area (Å²) in [5.41, 5.74) is 7.95. The van der Waals surface area contributed by atoms with E-state index < -0.39 is 0 Å². The van der Waals surface area contributed by atoms with Crippen LogP contribution in [0, 0.1) is 12.3 Å². The Morgan fingerprint density at radius 2 is 2.05 bits per heavy atom. The normalized spacial score (nSPS) is 10.3. The van der Waals surface area contributed by atoms with Gasteiger partial charge in [0.2, 0.25) is 0 Å².